The quantitative estimate of drug-likeness (QED) is 0.512. The first kappa shape index (κ1) is 18.4. The monoisotopic (exact) mass is 394 g/mol. The van der Waals surface area contributed by atoms with Gasteiger partial charge in [-0.3, -0.25) is 4.79 Å². The average Bonchev–Trinajstić information content (AvgIpc) is 3.09. The van der Waals surface area contributed by atoms with Gasteiger partial charge in [-0.1, -0.05) is 60.3 Å². The van der Waals surface area contributed by atoms with Crippen LogP contribution in [0.3, 0.4) is 0 Å². The summed E-state index contributed by atoms with van der Waals surface area (Å²) >= 11 is 1.35. The maximum Gasteiger partial charge on any atom is 0.233 e. The van der Waals surface area contributed by atoms with Crippen LogP contribution in [0.15, 0.2) is 66.0 Å². The highest BCUT2D eigenvalue weighted by atomic mass is 32.2. The largest absolute Gasteiger partial charge is 0.493 e. The molecule has 1 amide bonds. The van der Waals surface area contributed by atoms with E-state index in [0.29, 0.717) is 11.8 Å². The highest BCUT2D eigenvalue weighted by Crippen LogP contribution is 2.32. The Kier molecular flexibility index (Phi) is 5.25. The number of nitrogens with zero attached hydrogens (tertiary/aromatic N) is 2. The van der Waals surface area contributed by atoms with E-state index in [1.807, 2.05) is 61.5 Å². The molecule has 0 saturated carbocycles. The predicted octanol–water partition coefficient (Wildman–Crippen LogP) is 3.38. The number of nitrogen functional groups attached to an aromatic ring is 1. The highest BCUT2D eigenvalue weighted by molar-refractivity contribution is 8.00. The molecule has 6 nitrogen and oxygen atoms in total. The van der Waals surface area contributed by atoms with Gasteiger partial charge >= 0.3 is 0 Å². The molecule has 3 aromatic rings. The Morgan fingerprint density at radius 1 is 1.25 bits per heavy atom. The summed E-state index contributed by atoms with van der Waals surface area (Å²) < 4.78 is 7.14. The van der Waals surface area contributed by atoms with Crippen molar-refractivity contribution in [2.75, 3.05) is 12.4 Å². The molecule has 144 valence electrons. The molecule has 2 heterocycles. The Hall–Kier alpha value is -2.93. The Morgan fingerprint density at radius 3 is 2.82 bits per heavy atom. The molecule has 1 aliphatic heterocycles. The lowest BCUT2D eigenvalue weighted by Gasteiger charge is -2.27. The molecule has 0 radical (unpaired) electrons. The molecule has 2 aromatic carbocycles. The maximum absolute atomic E-state index is 12.8. The third kappa shape index (κ3) is 3.84. The number of thioether (sulfide) groups is 1. The van der Waals surface area contributed by atoms with Crippen molar-refractivity contribution in [3.63, 3.8) is 0 Å². The third-order valence-corrected chi connectivity index (χ3v) is 5.77. The molecule has 2 unspecified atom stereocenters. The molecule has 28 heavy (non-hydrogen) atoms. The van der Waals surface area contributed by atoms with E-state index in [4.69, 9.17) is 10.6 Å². The van der Waals surface area contributed by atoms with Crippen LogP contribution in [-0.2, 0) is 4.79 Å². The van der Waals surface area contributed by atoms with Gasteiger partial charge in [-0.25, -0.2) is 9.66 Å². The van der Waals surface area contributed by atoms with E-state index >= 15 is 0 Å². The molecule has 1 aliphatic rings. The van der Waals surface area contributed by atoms with Gasteiger partial charge in [0.15, 0.2) is 5.16 Å². The molecule has 4 rings (SSSR count). The van der Waals surface area contributed by atoms with Gasteiger partial charge in [0.25, 0.3) is 0 Å². The van der Waals surface area contributed by atoms with Gasteiger partial charge in [0, 0.05) is 17.5 Å². The fraction of sp³-hybridized carbons (Fsp3) is 0.238. The molecule has 3 N–H and O–H groups in total. The first-order valence-electron chi connectivity index (χ1n) is 9.20. The number of aromatic nitrogens is 2. The molecular formula is C21H22N4O2S. The molecule has 0 bridgehead atoms. The molecule has 0 aliphatic carbocycles. The van der Waals surface area contributed by atoms with Gasteiger partial charge in [-0.2, -0.15) is 0 Å². The lowest BCUT2D eigenvalue weighted by atomic mass is 10.0. The first-order valence-corrected chi connectivity index (χ1v) is 10.1. The van der Waals surface area contributed by atoms with Crippen LogP contribution in [0, 0.1) is 0 Å². The zero-order valence-corrected chi connectivity index (χ0v) is 16.4. The standard InChI is InChI=1S/C21H22N4O2S/c1-14(20(26)23-17-11-12-27-19-10-6-5-9-16(17)19)28-21-24-18(13-25(21)22)15-7-3-2-4-8-15/h2-10,13-14,17H,11-12,22H2,1H3,(H,23,26). The number of ether oxygens (including phenoxy) is 1. The first-order chi connectivity index (χ1) is 13.6. The Bertz CT molecular complexity index is 974. The summed E-state index contributed by atoms with van der Waals surface area (Å²) in [5.74, 6) is 6.85. The van der Waals surface area contributed by atoms with E-state index in [1.54, 1.807) is 6.20 Å². The molecule has 7 heteroatoms. The summed E-state index contributed by atoms with van der Waals surface area (Å²) in [6.45, 7) is 2.46. The molecule has 0 spiro atoms. The van der Waals surface area contributed by atoms with Gasteiger partial charge in [-0.15, -0.1) is 0 Å². The van der Waals surface area contributed by atoms with E-state index in [0.717, 1.165) is 29.0 Å². The second kappa shape index (κ2) is 7.98. The van der Waals surface area contributed by atoms with Crippen LogP contribution in [0.1, 0.15) is 24.9 Å². The number of amides is 1. The summed E-state index contributed by atoms with van der Waals surface area (Å²) in [4.78, 5) is 17.3. The molecule has 0 saturated heterocycles. The van der Waals surface area contributed by atoms with Gasteiger partial charge in [0.1, 0.15) is 5.75 Å². The minimum absolute atomic E-state index is 0.0435. The fourth-order valence-electron chi connectivity index (χ4n) is 3.20. The summed E-state index contributed by atoms with van der Waals surface area (Å²) in [5.41, 5.74) is 2.80. The van der Waals surface area contributed by atoms with Crippen LogP contribution >= 0.6 is 11.8 Å². The van der Waals surface area contributed by atoms with Crippen LogP contribution in [0.25, 0.3) is 11.3 Å². The number of carbonyl (C=O) groups is 1. The normalized spacial score (nSPS) is 16.7. The van der Waals surface area contributed by atoms with E-state index in [1.165, 1.54) is 16.4 Å². The van der Waals surface area contributed by atoms with E-state index in [2.05, 4.69) is 10.3 Å². The number of imidazole rings is 1. The van der Waals surface area contributed by atoms with E-state index in [-0.39, 0.29) is 17.2 Å². The number of hydrogen-bond acceptors (Lipinski definition) is 5. The minimum Gasteiger partial charge on any atom is -0.493 e. The van der Waals surface area contributed by atoms with Crippen molar-refractivity contribution in [1.29, 1.82) is 0 Å². The van der Waals surface area contributed by atoms with Crippen LogP contribution in [0.4, 0.5) is 0 Å². The van der Waals surface area contributed by atoms with Crippen molar-refractivity contribution in [2.45, 2.75) is 29.8 Å². The molecule has 1 aromatic heterocycles. The number of rotatable bonds is 5. The summed E-state index contributed by atoms with van der Waals surface area (Å²) in [6.07, 6.45) is 2.53. The molecule has 0 fully saturated rings. The number of fused-ring (bicyclic) bond motifs is 1. The van der Waals surface area contributed by atoms with Gasteiger partial charge in [0.05, 0.1) is 29.8 Å². The van der Waals surface area contributed by atoms with Crippen molar-refractivity contribution >= 4 is 17.7 Å². The van der Waals surface area contributed by atoms with Crippen LogP contribution in [-0.4, -0.2) is 27.4 Å². The second-order valence-electron chi connectivity index (χ2n) is 6.68. The fourth-order valence-corrected chi connectivity index (χ4v) is 4.02. The number of para-hydroxylation sites is 1. The number of hydrogen-bond donors (Lipinski definition) is 2. The maximum atomic E-state index is 12.8. The number of benzene rings is 2. The van der Waals surface area contributed by atoms with Crippen LogP contribution in [0.5, 0.6) is 5.75 Å². The SMILES string of the molecule is CC(Sc1nc(-c2ccccc2)cn1N)C(=O)NC1CCOc2ccccc21. The lowest BCUT2D eigenvalue weighted by molar-refractivity contribution is -0.121. The van der Waals surface area contributed by atoms with E-state index in [9.17, 15) is 4.79 Å². The van der Waals surface area contributed by atoms with Crippen molar-refractivity contribution in [3.8, 4) is 17.0 Å². The van der Waals surface area contributed by atoms with Crippen molar-refractivity contribution in [3.05, 3.63) is 66.4 Å². The summed E-state index contributed by atoms with van der Waals surface area (Å²) in [5, 5.41) is 3.41. The summed E-state index contributed by atoms with van der Waals surface area (Å²) in [6, 6.07) is 17.6. The third-order valence-electron chi connectivity index (χ3n) is 4.69. The van der Waals surface area contributed by atoms with Crippen LogP contribution in [0.2, 0.25) is 0 Å². The predicted molar refractivity (Wildman–Crippen MR) is 111 cm³/mol. The minimum atomic E-state index is -0.330. The Labute approximate surface area is 168 Å². The number of carbonyl (C=O) groups excluding carboxylic acids is 1. The van der Waals surface area contributed by atoms with E-state index < -0.39 is 0 Å². The zero-order chi connectivity index (χ0) is 19.5. The summed E-state index contributed by atoms with van der Waals surface area (Å²) in [7, 11) is 0. The van der Waals surface area contributed by atoms with Gasteiger partial charge in [0.2, 0.25) is 5.91 Å². The Balaban J connectivity index is 1.44. The average molecular weight is 395 g/mol. The number of nitrogens with one attached hydrogen (secondary N) is 1. The Morgan fingerprint density at radius 2 is 2.00 bits per heavy atom. The van der Waals surface area contributed by atoms with Crippen molar-refractivity contribution in [1.82, 2.24) is 15.0 Å². The number of nitrogens with two attached hydrogens (primary N) is 1. The van der Waals surface area contributed by atoms with Crippen molar-refractivity contribution in [2.24, 2.45) is 0 Å². The van der Waals surface area contributed by atoms with Gasteiger partial charge < -0.3 is 15.9 Å². The second-order valence-corrected chi connectivity index (χ2v) is 7.99. The van der Waals surface area contributed by atoms with Crippen LogP contribution < -0.4 is 15.9 Å². The topological polar surface area (TPSA) is 82.2 Å². The zero-order valence-electron chi connectivity index (χ0n) is 15.5. The lowest BCUT2D eigenvalue weighted by Crippen LogP contribution is -2.36. The molecule has 2 atom stereocenters. The smallest absolute Gasteiger partial charge is 0.233 e. The highest BCUT2D eigenvalue weighted by Gasteiger charge is 2.26. The molecular weight excluding hydrogens is 372 g/mol. The van der Waals surface area contributed by atoms with Gasteiger partial charge in [-0.05, 0) is 13.0 Å². The van der Waals surface area contributed by atoms with Crippen molar-refractivity contribution < 1.29 is 9.53 Å².